The van der Waals surface area contributed by atoms with Crippen molar-refractivity contribution in [3.63, 3.8) is 0 Å². The van der Waals surface area contributed by atoms with Gasteiger partial charge >= 0.3 is 0 Å². The van der Waals surface area contributed by atoms with Crippen LogP contribution in [0.1, 0.15) is 62.0 Å². The molecule has 0 N–H and O–H groups in total. The zero-order valence-electron chi connectivity index (χ0n) is 12.7. The summed E-state index contributed by atoms with van der Waals surface area (Å²) >= 11 is 0. The number of rotatable bonds is 2. The van der Waals surface area contributed by atoms with E-state index in [1.165, 1.54) is 50.5 Å². The van der Waals surface area contributed by atoms with Crippen LogP contribution in [-0.4, -0.2) is 0 Å². The van der Waals surface area contributed by atoms with E-state index in [2.05, 4.69) is 54.6 Å². The summed E-state index contributed by atoms with van der Waals surface area (Å²) in [7, 11) is 0. The summed E-state index contributed by atoms with van der Waals surface area (Å²) in [5, 5.41) is 0. The first-order valence-electron chi connectivity index (χ1n) is 8.53. The summed E-state index contributed by atoms with van der Waals surface area (Å²) in [6.45, 7) is 0. The highest BCUT2D eigenvalue weighted by Crippen LogP contribution is 2.56. The molecule has 1 atom stereocenters. The van der Waals surface area contributed by atoms with Crippen LogP contribution in [0.4, 0.5) is 0 Å². The van der Waals surface area contributed by atoms with E-state index in [9.17, 15) is 0 Å². The Kier molecular flexibility index (Phi) is 3.33. The van der Waals surface area contributed by atoms with E-state index in [0.29, 0.717) is 11.3 Å². The summed E-state index contributed by atoms with van der Waals surface area (Å²) in [5.41, 5.74) is 5.07. The van der Waals surface area contributed by atoms with Gasteiger partial charge in [0.25, 0.3) is 0 Å². The lowest BCUT2D eigenvalue weighted by molar-refractivity contribution is 0.270. The van der Waals surface area contributed by atoms with Gasteiger partial charge in [0.15, 0.2) is 0 Å². The molecule has 108 valence electrons. The monoisotopic (exact) mass is 276 g/mol. The summed E-state index contributed by atoms with van der Waals surface area (Å²) in [4.78, 5) is 0. The highest BCUT2D eigenvalue weighted by atomic mass is 14.5. The second-order valence-corrected chi connectivity index (χ2v) is 6.86. The summed E-state index contributed by atoms with van der Waals surface area (Å²) in [5.74, 6) is 0.595. The number of hydrogen-bond donors (Lipinski definition) is 0. The zero-order valence-corrected chi connectivity index (χ0v) is 12.7. The highest BCUT2D eigenvalue weighted by molar-refractivity contribution is 5.64. The number of fused-ring (bicyclic) bond motifs is 1. The first kappa shape index (κ1) is 13.1. The van der Waals surface area contributed by atoms with Gasteiger partial charge in [0.1, 0.15) is 0 Å². The summed E-state index contributed by atoms with van der Waals surface area (Å²) < 4.78 is 0. The van der Waals surface area contributed by atoms with Crippen LogP contribution in [0.3, 0.4) is 0 Å². The van der Waals surface area contributed by atoms with Gasteiger partial charge in [0.05, 0.1) is 0 Å². The lowest BCUT2D eigenvalue weighted by atomic mass is 9.63. The maximum Gasteiger partial charge on any atom is 0.0121 e. The molecule has 1 aromatic rings. The first-order chi connectivity index (χ1) is 10.4. The van der Waals surface area contributed by atoms with E-state index in [-0.39, 0.29) is 0 Å². The predicted octanol–water partition coefficient (Wildman–Crippen LogP) is 6.02. The van der Waals surface area contributed by atoms with E-state index < -0.39 is 0 Å². The third-order valence-electron chi connectivity index (χ3n) is 5.80. The van der Waals surface area contributed by atoms with Crippen LogP contribution >= 0.6 is 0 Å². The Bertz CT molecular complexity index is 607. The molecule has 1 saturated carbocycles. The van der Waals surface area contributed by atoms with Gasteiger partial charge in [-0.2, -0.15) is 0 Å². The molecule has 0 amide bonds. The second kappa shape index (κ2) is 5.33. The van der Waals surface area contributed by atoms with Crippen molar-refractivity contribution < 1.29 is 0 Å². The molecule has 21 heavy (non-hydrogen) atoms. The molecule has 4 rings (SSSR count). The van der Waals surface area contributed by atoms with Crippen molar-refractivity contribution in [3.05, 3.63) is 65.3 Å². The van der Waals surface area contributed by atoms with Crippen LogP contribution in [0.25, 0.3) is 6.08 Å². The standard InChI is InChI=1S/C21H24/c1-2-8-16-21(15-7-1,18-10-4-5-11-18)20-14-13-17-9-3-6-12-19(17)20/h3-6,9-10,12-14,20H,1-2,7-8,11,15-16H2. The molecule has 0 bridgehead atoms. The van der Waals surface area contributed by atoms with Gasteiger partial charge in [0.2, 0.25) is 0 Å². The van der Waals surface area contributed by atoms with Crippen LogP contribution in [0.2, 0.25) is 0 Å². The maximum atomic E-state index is 2.50. The second-order valence-electron chi connectivity index (χ2n) is 6.86. The average Bonchev–Trinajstić information content (AvgIpc) is 3.14. The highest BCUT2D eigenvalue weighted by Gasteiger charge is 2.43. The molecular weight excluding hydrogens is 252 g/mol. The summed E-state index contributed by atoms with van der Waals surface area (Å²) in [6, 6.07) is 9.01. The molecular formula is C21H24. The van der Waals surface area contributed by atoms with E-state index in [1.54, 1.807) is 11.1 Å². The molecule has 0 aliphatic heterocycles. The topological polar surface area (TPSA) is 0 Å². The van der Waals surface area contributed by atoms with Crippen LogP contribution in [0.15, 0.2) is 54.1 Å². The van der Waals surface area contributed by atoms with Crippen molar-refractivity contribution in [1.29, 1.82) is 0 Å². The molecule has 3 aliphatic rings. The molecule has 0 aromatic heterocycles. The molecule has 3 aliphatic carbocycles. The Morgan fingerprint density at radius 2 is 1.76 bits per heavy atom. The molecule has 0 heteroatoms. The summed E-state index contributed by atoms with van der Waals surface area (Å²) in [6.07, 6.45) is 21.4. The number of hydrogen-bond acceptors (Lipinski definition) is 0. The van der Waals surface area contributed by atoms with Crippen LogP contribution < -0.4 is 0 Å². The van der Waals surface area contributed by atoms with Gasteiger partial charge in [0, 0.05) is 11.3 Å². The average molecular weight is 276 g/mol. The van der Waals surface area contributed by atoms with Crippen LogP contribution in [0.5, 0.6) is 0 Å². The third kappa shape index (κ3) is 2.12. The van der Waals surface area contributed by atoms with Crippen molar-refractivity contribution in [2.45, 2.75) is 50.9 Å². The van der Waals surface area contributed by atoms with Gasteiger partial charge in [-0.3, -0.25) is 0 Å². The Balaban J connectivity index is 1.78. The predicted molar refractivity (Wildman–Crippen MR) is 90.2 cm³/mol. The fourth-order valence-corrected chi connectivity index (χ4v) is 4.74. The molecule has 1 unspecified atom stereocenters. The molecule has 0 radical (unpaired) electrons. The first-order valence-corrected chi connectivity index (χ1v) is 8.53. The van der Waals surface area contributed by atoms with Crippen molar-refractivity contribution in [3.8, 4) is 0 Å². The minimum absolute atomic E-state index is 0.378. The molecule has 1 fully saturated rings. The fraction of sp³-hybridized carbons (Fsp3) is 0.429. The Morgan fingerprint density at radius 3 is 2.52 bits per heavy atom. The van der Waals surface area contributed by atoms with Gasteiger partial charge < -0.3 is 0 Å². The molecule has 1 aromatic carbocycles. The Hall–Kier alpha value is -1.56. The van der Waals surface area contributed by atoms with Crippen molar-refractivity contribution in [2.75, 3.05) is 0 Å². The Morgan fingerprint density at radius 1 is 0.952 bits per heavy atom. The van der Waals surface area contributed by atoms with Gasteiger partial charge in [-0.25, -0.2) is 0 Å². The van der Waals surface area contributed by atoms with E-state index in [4.69, 9.17) is 0 Å². The van der Waals surface area contributed by atoms with Crippen molar-refractivity contribution in [2.24, 2.45) is 5.41 Å². The Labute approximate surface area is 128 Å². The molecule has 0 heterocycles. The minimum Gasteiger partial charge on any atom is -0.0804 e. The van der Waals surface area contributed by atoms with Crippen LogP contribution in [0, 0.1) is 5.41 Å². The van der Waals surface area contributed by atoms with Crippen LogP contribution in [-0.2, 0) is 0 Å². The van der Waals surface area contributed by atoms with E-state index >= 15 is 0 Å². The van der Waals surface area contributed by atoms with Gasteiger partial charge in [-0.15, -0.1) is 0 Å². The SMILES string of the molecule is C1=CCC(C2(C3C=Cc4ccccc43)CCCCCC2)=C1. The van der Waals surface area contributed by atoms with Gasteiger partial charge in [-0.1, -0.05) is 85.9 Å². The normalized spacial score (nSPS) is 26.5. The minimum atomic E-state index is 0.378. The lowest BCUT2D eigenvalue weighted by Crippen LogP contribution is -2.29. The molecule has 0 saturated heterocycles. The van der Waals surface area contributed by atoms with Crippen molar-refractivity contribution in [1.82, 2.24) is 0 Å². The van der Waals surface area contributed by atoms with Crippen molar-refractivity contribution >= 4 is 6.08 Å². The molecule has 0 nitrogen and oxygen atoms in total. The van der Waals surface area contributed by atoms with E-state index in [1.807, 2.05) is 0 Å². The molecule has 0 spiro atoms. The van der Waals surface area contributed by atoms with Gasteiger partial charge in [-0.05, 0) is 30.4 Å². The number of benzene rings is 1. The van der Waals surface area contributed by atoms with E-state index in [0.717, 1.165) is 0 Å². The largest absolute Gasteiger partial charge is 0.0804 e. The number of allylic oxidation sites excluding steroid dienone is 5. The third-order valence-corrected chi connectivity index (χ3v) is 5.80. The lowest BCUT2D eigenvalue weighted by Gasteiger charge is -2.40. The quantitative estimate of drug-likeness (QED) is 0.579. The maximum absolute atomic E-state index is 2.50. The fourth-order valence-electron chi connectivity index (χ4n) is 4.74. The zero-order chi connectivity index (χ0) is 14.1. The smallest absolute Gasteiger partial charge is 0.0121 e.